The van der Waals surface area contributed by atoms with Crippen molar-refractivity contribution in [2.75, 3.05) is 6.61 Å². The highest BCUT2D eigenvalue weighted by Crippen LogP contribution is 2.41. The van der Waals surface area contributed by atoms with Crippen LogP contribution in [0.1, 0.15) is 69.7 Å². The van der Waals surface area contributed by atoms with Gasteiger partial charge in [-0.1, -0.05) is 36.7 Å². The molecule has 0 unspecified atom stereocenters. The number of hydrogen-bond donors (Lipinski definition) is 0. The third-order valence-corrected chi connectivity index (χ3v) is 6.73. The molecule has 0 saturated carbocycles. The fraction of sp³-hybridized carbons (Fsp3) is 0.440. The van der Waals surface area contributed by atoms with Gasteiger partial charge in [-0.15, -0.1) is 11.3 Å². The number of carbonyl (C=O) groups excluding carboxylic acids is 2. The second-order valence-electron chi connectivity index (χ2n) is 9.85. The lowest BCUT2D eigenvalue weighted by Crippen LogP contribution is -2.28. The number of halogens is 2. The lowest BCUT2D eigenvalue weighted by Gasteiger charge is -2.20. The number of carbonyl (C=O) groups is 2. The van der Waals surface area contributed by atoms with Gasteiger partial charge in [-0.25, -0.2) is 28.5 Å². The van der Waals surface area contributed by atoms with E-state index in [1.165, 1.54) is 28.0 Å². The van der Waals surface area contributed by atoms with Crippen LogP contribution in [0.25, 0.3) is 22.0 Å². The zero-order chi connectivity index (χ0) is 26.1. The van der Waals surface area contributed by atoms with Crippen molar-refractivity contribution in [2.45, 2.75) is 64.8 Å². The summed E-state index contributed by atoms with van der Waals surface area (Å²) >= 11 is 4.70. The van der Waals surface area contributed by atoms with Crippen LogP contribution in [0.3, 0.4) is 0 Å². The normalized spacial score (nSPS) is 12.0. The Labute approximate surface area is 216 Å². The van der Waals surface area contributed by atoms with Crippen LogP contribution in [0, 0.1) is 5.82 Å². The van der Waals surface area contributed by atoms with Crippen molar-refractivity contribution >= 4 is 39.3 Å². The van der Waals surface area contributed by atoms with Crippen molar-refractivity contribution < 1.29 is 23.5 Å². The van der Waals surface area contributed by atoms with Gasteiger partial charge >= 0.3 is 12.1 Å². The van der Waals surface area contributed by atoms with Crippen molar-refractivity contribution in [1.29, 1.82) is 0 Å². The van der Waals surface area contributed by atoms with Gasteiger partial charge in [0, 0.05) is 10.4 Å². The minimum absolute atomic E-state index is 0.196. The highest BCUT2D eigenvalue weighted by Gasteiger charge is 2.33. The maximum atomic E-state index is 13.7. The van der Waals surface area contributed by atoms with Gasteiger partial charge in [0.1, 0.15) is 27.9 Å². The fourth-order valence-corrected chi connectivity index (χ4v) is 4.86. The van der Waals surface area contributed by atoms with Gasteiger partial charge in [0.05, 0.1) is 17.6 Å². The SMILES string of the molecule is CCOC(=O)c1nc(-c2c(-c3ccc(F)cc3)nc(CBr)n2C(=O)OC(C)(C)C)sc1C(C)(C)C. The number of imidazole rings is 1. The van der Waals surface area contributed by atoms with E-state index in [2.05, 4.69) is 25.9 Å². The van der Waals surface area contributed by atoms with Crippen molar-refractivity contribution in [3.63, 3.8) is 0 Å². The van der Waals surface area contributed by atoms with E-state index in [1.807, 2.05) is 20.8 Å². The number of esters is 1. The summed E-state index contributed by atoms with van der Waals surface area (Å²) in [5.74, 6) is -0.539. The molecule has 0 N–H and O–H groups in total. The van der Waals surface area contributed by atoms with Gasteiger partial charge in [0.15, 0.2) is 5.69 Å². The summed E-state index contributed by atoms with van der Waals surface area (Å²) in [6, 6.07) is 5.82. The summed E-state index contributed by atoms with van der Waals surface area (Å²) in [6.45, 7) is 13.2. The van der Waals surface area contributed by atoms with Gasteiger partial charge in [-0.3, -0.25) is 0 Å². The average molecular weight is 566 g/mol. The highest BCUT2D eigenvalue weighted by molar-refractivity contribution is 9.08. The lowest BCUT2D eigenvalue weighted by molar-refractivity contribution is 0.0514. The Kier molecular flexibility index (Phi) is 7.86. The van der Waals surface area contributed by atoms with E-state index in [1.54, 1.807) is 39.8 Å². The molecule has 2 aromatic heterocycles. The Bertz CT molecular complexity index is 1240. The number of aromatic nitrogens is 3. The van der Waals surface area contributed by atoms with E-state index in [-0.39, 0.29) is 17.6 Å². The number of thiazole rings is 1. The minimum Gasteiger partial charge on any atom is -0.461 e. The summed E-state index contributed by atoms with van der Waals surface area (Å²) in [5, 5.41) is 0.658. The van der Waals surface area contributed by atoms with Crippen LogP contribution in [-0.4, -0.2) is 38.8 Å². The predicted molar refractivity (Wildman–Crippen MR) is 138 cm³/mol. The van der Waals surface area contributed by atoms with Crippen LogP contribution < -0.4 is 0 Å². The van der Waals surface area contributed by atoms with E-state index in [9.17, 15) is 14.0 Å². The lowest BCUT2D eigenvalue weighted by atomic mass is 9.93. The molecule has 0 aliphatic carbocycles. The predicted octanol–water partition coefficient (Wildman–Crippen LogP) is 6.97. The Morgan fingerprint density at radius 2 is 1.71 bits per heavy atom. The summed E-state index contributed by atoms with van der Waals surface area (Å²) in [4.78, 5) is 36.2. The van der Waals surface area contributed by atoms with E-state index in [0.717, 1.165) is 0 Å². The topological polar surface area (TPSA) is 83.3 Å². The van der Waals surface area contributed by atoms with Crippen molar-refractivity contribution in [1.82, 2.24) is 14.5 Å². The van der Waals surface area contributed by atoms with Gasteiger partial charge in [-0.05, 0) is 57.4 Å². The van der Waals surface area contributed by atoms with E-state index < -0.39 is 28.9 Å². The highest BCUT2D eigenvalue weighted by atomic mass is 79.9. The van der Waals surface area contributed by atoms with Crippen LogP contribution in [-0.2, 0) is 20.2 Å². The Morgan fingerprint density at radius 3 is 2.23 bits per heavy atom. The van der Waals surface area contributed by atoms with Crippen LogP contribution in [0.4, 0.5) is 9.18 Å². The number of rotatable bonds is 5. The minimum atomic E-state index is -0.756. The van der Waals surface area contributed by atoms with Gasteiger partial charge in [-0.2, -0.15) is 0 Å². The van der Waals surface area contributed by atoms with Crippen molar-refractivity contribution in [3.8, 4) is 22.0 Å². The first-order valence-electron chi connectivity index (χ1n) is 11.1. The zero-order valence-corrected chi connectivity index (χ0v) is 23.3. The molecule has 0 radical (unpaired) electrons. The molecule has 1 aromatic carbocycles. The van der Waals surface area contributed by atoms with E-state index >= 15 is 0 Å². The Morgan fingerprint density at radius 1 is 1.09 bits per heavy atom. The largest absolute Gasteiger partial charge is 0.461 e. The summed E-state index contributed by atoms with van der Waals surface area (Å²) in [7, 11) is 0. The molecule has 188 valence electrons. The first-order valence-corrected chi connectivity index (χ1v) is 13.1. The van der Waals surface area contributed by atoms with Gasteiger partial charge in [0.2, 0.25) is 0 Å². The average Bonchev–Trinajstić information content (AvgIpc) is 3.35. The quantitative estimate of drug-likeness (QED) is 0.245. The van der Waals surface area contributed by atoms with E-state index in [4.69, 9.17) is 9.47 Å². The van der Waals surface area contributed by atoms with Crippen LogP contribution >= 0.6 is 27.3 Å². The maximum absolute atomic E-state index is 13.7. The van der Waals surface area contributed by atoms with Crippen molar-refractivity contribution in [3.05, 3.63) is 46.5 Å². The molecule has 10 heteroatoms. The van der Waals surface area contributed by atoms with Gasteiger partial charge < -0.3 is 9.47 Å². The number of hydrogen-bond acceptors (Lipinski definition) is 7. The molecule has 0 amide bonds. The zero-order valence-electron chi connectivity index (χ0n) is 20.9. The van der Waals surface area contributed by atoms with Crippen molar-refractivity contribution in [2.24, 2.45) is 0 Å². The second kappa shape index (κ2) is 10.2. The molecule has 7 nitrogen and oxygen atoms in total. The molecular weight excluding hydrogens is 537 g/mol. The number of nitrogens with zero attached hydrogens (tertiary/aromatic N) is 3. The Hall–Kier alpha value is -2.59. The molecule has 0 atom stereocenters. The molecule has 0 fully saturated rings. The van der Waals surface area contributed by atoms with Crippen LogP contribution in [0.5, 0.6) is 0 Å². The summed E-state index contributed by atoms with van der Waals surface area (Å²) < 4.78 is 26.0. The maximum Gasteiger partial charge on any atom is 0.420 e. The monoisotopic (exact) mass is 565 g/mol. The smallest absolute Gasteiger partial charge is 0.420 e. The number of benzene rings is 1. The Balaban J connectivity index is 2.35. The molecule has 2 heterocycles. The van der Waals surface area contributed by atoms with Crippen LogP contribution in [0.2, 0.25) is 0 Å². The fourth-order valence-electron chi connectivity index (χ4n) is 3.33. The summed E-state index contributed by atoms with van der Waals surface area (Å²) in [6.07, 6.45) is -0.631. The molecular formula is C25H29BrFN3O4S. The summed E-state index contributed by atoms with van der Waals surface area (Å²) in [5.41, 5.74) is 0.413. The number of ether oxygens (including phenoxy) is 2. The second-order valence-corrected chi connectivity index (χ2v) is 11.4. The van der Waals surface area contributed by atoms with E-state index in [0.29, 0.717) is 32.7 Å². The molecule has 0 aliphatic rings. The molecule has 0 spiro atoms. The van der Waals surface area contributed by atoms with Crippen LogP contribution in [0.15, 0.2) is 24.3 Å². The third kappa shape index (κ3) is 5.98. The third-order valence-electron chi connectivity index (χ3n) is 4.74. The molecule has 0 bridgehead atoms. The molecule has 3 rings (SSSR count). The first kappa shape index (κ1) is 27.0. The number of alkyl halides is 1. The standard InChI is InChI=1S/C25H29BrFN3O4S/c1-8-33-22(31)18-20(24(2,3)4)35-21(29-18)19-17(14-9-11-15(27)12-10-14)28-16(13-26)30(19)23(32)34-25(5,6)7/h9-12H,8,13H2,1-7H3. The molecule has 35 heavy (non-hydrogen) atoms. The molecule has 0 aliphatic heterocycles. The van der Waals surface area contributed by atoms with Gasteiger partial charge in [0.25, 0.3) is 0 Å². The first-order chi connectivity index (χ1) is 16.3. The molecule has 3 aromatic rings. The molecule has 0 saturated heterocycles.